The Labute approximate surface area is 182 Å². The molecule has 3 rings (SSSR count). The zero-order chi connectivity index (χ0) is 21.7. The van der Waals surface area contributed by atoms with Gasteiger partial charge < -0.3 is 14.8 Å². The van der Waals surface area contributed by atoms with E-state index in [9.17, 15) is 13.2 Å². The molecule has 162 valence electrons. The van der Waals surface area contributed by atoms with Crippen molar-refractivity contribution in [2.24, 2.45) is 0 Å². The van der Waals surface area contributed by atoms with Crippen LogP contribution in [0.25, 0.3) is 0 Å². The smallest absolute Gasteiger partial charge is 0.244 e. The molecule has 1 atom stereocenters. The molecule has 0 unspecified atom stereocenters. The summed E-state index contributed by atoms with van der Waals surface area (Å²) in [6.45, 7) is 0.535. The molecule has 2 aromatic rings. The minimum Gasteiger partial charge on any atom is -0.497 e. The third-order valence-corrected chi connectivity index (χ3v) is 7.14. The van der Waals surface area contributed by atoms with E-state index in [0.29, 0.717) is 35.1 Å². The van der Waals surface area contributed by atoms with Gasteiger partial charge in [0.05, 0.1) is 19.1 Å². The summed E-state index contributed by atoms with van der Waals surface area (Å²) in [6.07, 6.45) is 2.00. The van der Waals surface area contributed by atoms with E-state index >= 15 is 0 Å². The molecule has 1 heterocycles. The molecular formula is C21H25ClN2O5S. The maximum absolute atomic E-state index is 13.6. The highest BCUT2D eigenvalue weighted by atomic mass is 35.5. The Morgan fingerprint density at radius 2 is 1.70 bits per heavy atom. The van der Waals surface area contributed by atoms with Crippen molar-refractivity contribution in [2.75, 3.05) is 20.8 Å². The van der Waals surface area contributed by atoms with Crippen LogP contribution in [0.5, 0.6) is 11.5 Å². The van der Waals surface area contributed by atoms with Crippen LogP contribution in [-0.4, -0.2) is 45.4 Å². The predicted molar refractivity (Wildman–Crippen MR) is 114 cm³/mol. The fourth-order valence-electron chi connectivity index (χ4n) is 3.44. The first-order valence-electron chi connectivity index (χ1n) is 9.62. The Balaban J connectivity index is 2.05. The lowest BCUT2D eigenvalue weighted by molar-refractivity contribution is -0.124. The van der Waals surface area contributed by atoms with E-state index < -0.39 is 16.1 Å². The summed E-state index contributed by atoms with van der Waals surface area (Å²) in [5.41, 5.74) is 0.654. The van der Waals surface area contributed by atoms with Crippen LogP contribution in [0.4, 0.5) is 0 Å². The Bertz CT molecular complexity index is 973. The molecule has 1 fully saturated rings. The number of rotatable bonds is 7. The van der Waals surface area contributed by atoms with Gasteiger partial charge in [-0.1, -0.05) is 11.6 Å². The topological polar surface area (TPSA) is 84.9 Å². The van der Waals surface area contributed by atoms with Crippen molar-refractivity contribution in [3.8, 4) is 11.5 Å². The van der Waals surface area contributed by atoms with E-state index in [1.807, 2.05) is 0 Å². The number of nitrogens with zero attached hydrogens (tertiary/aromatic N) is 1. The zero-order valence-corrected chi connectivity index (χ0v) is 18.5. The van der Waals surface area contributed by atoms with Crippen molar-refractivity contribution < 1.29 is 22.7 Å². The van der Waals surface area contributed by atoms with E-state index in [2.05, 4.69) is 5.32 Å². The maximum atomic E-state index is 13.6. The maximum Gasteiger partial charge on any atom is 0.244 e. The summed E-state index contributed by atoms with van der Waals surface area (Å²) in [5, 5.41) is 3.26. The highest BCUT2D eigenvalue weighted by Crippen LogP contribution is 2.29. The standard InChI is InChI=1S/C21H25ClN2O5S/c1-28-17-11-15(12-18(13-17)29-2)14-24(20-5-3-4-10-23-21(20)25)30(26,27)19-8-6-16(22)7-9-19/h6-9,11-13,20H,3-5,10,14H2,1-2H3,(H,23,25)/t20-/m1/s1. The van der Waals surface area contributed by atoms with Gasteiger partial charge in [-0.2, -0.15) is 4.31 Å². The molecule has 0 saturated carbocycles. The average molecular weight is 453 g/mol. The van der Waals surface area contributed by atoms with Gasteiger partial charge in [0, 0.05) is 24.2 Å². The number of halogens is 1. The number of methoxy groups -OCH3 is 2. The van der Waals surface area contributed by atoms with Crippen LogP contribution in [0.2, 0.25) is 5.02 Å². The molecule has 1 aliphatic heterocycles. The van der Waals surface area contributed by atoms with E-state index in [0.717, 1.165) is 12.8 Å². The molecule has 1 aliphatic rings. The number of nitrogens with one attached hydrogen (secondary N) is 1. The molecule has 7 nitrogen and oxygen atoms in total. The molecule has 2 aromatic carbocycles. The Hall–Kier alpha value is -2.29. The second-order valence-corrected chi connectivity index (χ2v) is 9.35. The molecule has 0 aliphatic carbocycles. The number of benzene rings is 2. The van der Waals surface area contributed by atoms with E-state index in [4.69, 9.17) is 21.1 Å². The molecule has 0 aromatic heterocycles. The predicted octanol–water partition coefficient (Wildman–Crippen LogP) is 3.22. The van der Waals surface area contributed by atoms with Crippen LogP contribution in [0.15, 0.2) is 47.4 Å². The minimum absolute atomic E-state index is 0.00337. The Kier molecular flexibility index (Phi) is 7.23. The molecule has 0 bridgehead atoms. The lowest BCUT2D eigenvalue weighted by atomic mass is 10.1. The fourth-order valence-corrected chi connectivity index (χ4v) is 5.17. The molecule has 9 heteroatoms. The largest absolute Gasteiger partial charge is 0.497 e. The number of sulfonamides is 1. The van der Waals surface area contributed by atoms with Gasteiger partial charge in [0.25, 0.3) is 0 Å². The third-order valence-electron chi connectivity index (χ3n) is 5.02. The van der Waals surface area contributed by atoms with Crippen LogP contribution in [0, 0.1) is 0 Å². The number of hydrogen-bond acceptors (Lipinski definition) is 5. The molecular weight excluding hydrogens is 428 g/mol. The monoisotopic (exact) mass is 452 g/mol. The number of ether oxygens (including phenoxy) is 2. The zero-order valence-electron chi connectivity index (χ0n) is 16.9. The van der Waals surface area contributed by atoms with Crippen molar-refractivity contribution in [3.63, 3.8) is 0 Å². The first kappa shape index (κ1) is 22.4. The highest BCUT2D eigenvalue weighted by Gasteiger charge is 2.36. The van der Waals surface area contributed by atoms with Crippen molar-refractivity contribution in [1.82, 2.24) is 9.62 Å². The van der Waals surface area contributed by atoms with Crippen LogP contribution in [0.3, 0.4) is 0 Å². The summed E-state index contributed by atoms with van der Waals surface area (Å²) in [7, 11) is -0.917. The lowest BCUT2D eigenvalue weighted by Gasteiger charge is -2.29. The number of amides is 1. The van der Waals surface area contributed by atoms with Gasteiger partial charge in [0.1, 0.15) is 17.5 Å². The van der Waals surface area contributed by atoms with Gasteiger partial charge in [0.2, 0.25) is 15.9 Å². The molecule has 30 heavy (non-hydrogen) atoms. The van der Waals surface area contributed by atoms with Crippen molar-refractivity contribution in [1.29, 1.82) is 0 Å². The van der Waals surface area contributed by atoms with Crippen LogP contribution >= 0.6 is 11.6 Å². The second-order valence-electron chi connectivity index (χ2n) is 7.03. The van der Waals surface area contributed by atoms with Crippen LogP contribution in [0.1, 0.15) is 24.8 Å². The molecule has 1 N–H and O–H groups in total. The van der Waals surface area contributed by atoms with Gasteiger partial charge in [-0.3, -0.25) is 4.79 Å². The van der Waals surface area contributed by atoms with Gasteiger partial charge in [-0.25, -0.2) is 8.42 Å². The third kappa shape index (κ3) is 5.06. The highest BCUT2D eigenvalue weighted by molar-refractivity contribution is 7.89. The summed E-state index contributed by atoms with van der Waals surface area (Å²) < 4.78 is 39.0. The summed E-state index contributed by atoms with van der Waals surface area (Å²) in [5.74, 6) is 0.789. The van der Waals surface area contributed by atoms with Gasteiger partial charge in [0.15, 0.2) is 0 Å². The Morgan fingerprint density at radius 3 is 2.30 bits per heavy atom. The summed E-state index contributed by atoms with van der Waals surface area (Å²) in [6, 6.07) is 10.3. The molecule has 0 spiro atoms. The van der Waals surface area contributed by atoms with Gasteiger partial charge in [-0.05, 0) is 61.2 Å². The molecule has 0 radical (unpaired) electrons. The van der Waals surface area contributed by atoms with Crippen molar-refractivity contribution in [3.05, 3.63) is 53.1 Å². The molecule has 1 saturated heterocycles. The van der Waals surface area contributed by atoms with Crippen molar-refractivity contribution in [2.45, 2.75) is 36.7 Å². The fraction of sp³-hybridized carbons (Fsp3) is 0.381. The number of hydrogen-bond donors (Lipinski definition) is 1. The first-order chi connectivity index (χ1) is 14.3. The average Bonchev–Trinajstić information content (AvgIpc) is 2.96. The molecule has 1 amide bonds. The SMILES string of the molecule is COc1cc(CN([C@@H]2CCCCNC2=O)S(=O)(=O)c2ccc(Cl)cc2)cc(OC)c1. The number of carbonyl (C=O) groups is 1. The van der Waals surface area contributed by atoms with E-state index in [-0.39, 0.29) is 17.3 Å². The van der Waals surface area contributed by atoms with Gasteiger partial charge >= 0.3 is 0 Å². The summed E-state index contributed by atoms with van der Waals surface area (Å²) in [4.78, 5) is 12.8. The number of carbonyl (C=O) groups excluding carboxylic acids is 1. The second kappa shape index (κ2) is 9.68. The van der Waals surface area contributed by atoms with Gasteiger partial charge in [-0.15, -0.1) is 0 Å². The summed E-state index contributed by atoms with van der Waals surface area (Å²) >= 11 is 5.93. The van der Waals surface area contributed by atoms with Crippen molar-refractivity contribution >= 4 is 27.5 Å². The van der Waals surface area contributed by atoms with E-state index in [1.165, 1.54) is 42.8 Å². The minimum atomic E-state index is -3.97. The Morgan fingerprint density at radius 1 is 1.07 bits per heavy atom. The van der Waals surface area contributed by atoms with Crippen LogP contribution in [-0.2, 0) is 21.4 Å². The van der Waals surface area contributed by atoms with E-state index in [1.54, 1.807) is 18.2 Å². The lowest BCUT2D eigenvalue weighted by Crippen LogP contribution is -2.48. The quantitative estimate of drug-likeness (QED) is 0.697. The van der Waals surface area contributed by atoms with Crippen LogP contribution < -0.4 is 14.8 Å². The first-order valence-corrected chi connectivity index (χ1v) is 11.4. The normalized spacial score (nSPS) is 17.3.